The van der Waals surface area contributed by atoms with E-state index >= 15 is 0 Å². The predicted molar refractivity (Wildman–Crippen MR) is 94.3 cm³/mol. The SMILES string of the molecule is Cc1cc(C(N)=O)ccc1NC(=O)N1CCN(C2CCCC2)C(=O)C1. The van der Waals surface area contributed by atoms with Crippen molar-refractivity contribution in [3.05, 3.63) is 29.3 Å². The summed E-state index contributed by atoms with van der Waals surface area (Å²) in [5.41, 5.74) is 7.02. The molecule has 1 saturated heterocycles. The average Bonchev–Trinajstić information content (AvgIpc) is 3.10. The number of primary amides is 1. The van der Waals surface area contributed by atoms with Crippen LogP contribution in [0.3, 0.4) is 0 Å². The van der Waals surface area contributed by atoms with Gasteiger partial charge >= 0.3 is 6.03 Å². The third-order valence-electron chi connectivity index (χ3n) is 5.06. The summed E-state index contributed by atoms with van der Waals surface area (Å²) in [4.78, 5) is 39.5. The number of rotatable bonds is 3. The molecule has 0 atom stereocenters. The van der Waals surface area contributed by atoms with E-state index in [-0.39, 0.29) is 18.5 Å². The first-order valence-electron chi connectivity index (χ1n) is 8.71. The quantitative estimate of drug-likeness (QED) is 0.874. The van der Waals surface area contributed by atoms with E-state index < -0.39 is 5.91 Å². The molecule has 25 heavy (non-hydrogen) atoms. The highest BCUT2D eigenvalue weighted by Gasteiger charge is 2.32. The molecule has 1 aromatic carbocycles. The third kappa shape index (κ3) is 3.75. The summed E-state index contributed by atoms with van der Waals surface area (Å²) in [5, 5.41) is 2.82. The Bertz CT molecular complexity index is 698. The molecule has 4 amide bonds. The van der Waals surface area contributed by atoms with Gasteiger partial charge in [0.15, 0.2) is 0 Å². The van der Waals surface area contributed by atoms with Gasteiger partial charge in [-0.15, -0.1) is 0 Å². The van der Waals surface area contributed by atoms with Crippen molar-refractivity contribution < 1.29 is 14.4 Å². The highest BCUT2D eigenvalue weighted by atomic mass is 16.2. The van der Waals surface area contributed by atoms with Gasteiger partial charge in [0.05, 0.1) is 0 Å². The van der Waals surface area contributed by atoms with Gasteiger partial charge in [-0.3, -0.25) is 9.59 Å². The fourth-order valence-corrected chi connectivity index (χ4v) is 3.61. The Balaban J connectivity index is 1.61. The van der Waals surface area contributed by atoms with Crippen molar-refractivity contribution in [2.24, 2.45) is 5.73 Å². The Hall–Kier alpha value is -2.57. The molecule has 2 aliphatic rings. The number of nitrogens with two attached hydrogens (primary N) is 1. The van der Waals surface area contributed by atoms with Crippen LogP contribution in [0.2, 0.25) is 0 Å². The van der Waals surface area contributed by atoms with Crippen LogP contribution in [-0.4, -0.2) is 53.3 Å². The Morgan fingerprint density at radius 2 is 1.92 bits per heavy atom. The second-order valence-corrected chi connectivity index (χ2v) is 6.77. The van der Waals surface area contributed by atoms with E-state index in [1.165, 1.54) is 17.7 Å². The van der Waals surface area contributed by atoms with Gasteiger partial charge in [-0.2, -0.15) is 0 Å². The first-order chi connectivity index (χ1) is 12.0. The molecule has 3 rings (SSSR count). The molecule has 0 bridgehead atoms. The molecule has 7 heteroatoms. The van der Waals surface area contributed by atoms with Crippen molar-refractivity contribution in [2.75, 3.05) is 25.0 Å². The molecule has 1 aromatic rings. The lowest BCUT2D eigenvalue weighted by Gasteiger charge is -2.37. The maximum Gasteiger partial charge on any atom is 0.322 e. The summed E-state index contributed by atoms with van der Waals surface area (Å²) in [6.45, 7) is 3.04. The number of nitrogens with zero attached hydrogens (tertiary/aromatic N) is 2. The van der Waals surface area contributed by atoms with E-state index in [2.05, 4.69) is 5.32 Å². The van der Waals surface area contributed by atoms with Crippen molar-refractivity contribution in [1.29, 1.82) is 0 Å². The molecular weight excluding hydrogens is 320 g/mol. The lowest BCUT2D eigenvalue weighted by atomic mass is 10.1. The van der Waals surface area contributed by atoms with Crippen LogP contribution in [0.1, 0.15) is 41.6 Å². The van der Waals surface area contributed by atoms with Gasteiger partial charge in [-0.25, -0.2) is 4.79 Å². The zero-order valence-electron chi connectivity index (χ0n) is 14.5. The number of carbonyl (C=O) groups is 3. The zero-order valence-corrected chi connectivity index (χ0v) is 14.5. The fraction of sp³-hybridized carbons (Fsp3) is 0.500. The van der Waals surface area contributed by atoms with E-state index in [4.69, 9.17) is 5.73 Å². The van der Waals surface area contributed by atoms with Crippen molar-refractivity contribution >= 4 is 23.5 Å². The molecule has 1 aliphatic heterocycles. The van der Waals surface area contributed by atoms with E-state index in [0.29, 0.717) is 30.4 Å². The first kappa shape index (κ1) is 17.3. The van der Waals surface area contributed by atoms with Gasteiger partial charge < -0.3 is 20.9 Å². The molecule has 1 heterocycles. The molecular formula is C18H24N4O3. The summed E-state index contributed by atoms with van der Waals surface area (Å²) in [7, 11) is 0. The highest BCUT2D eigenvalue weighted by molar-refractivity contribution is 5.96. The summed E-state index contributed by atoms with van der Waals surface area (Å²) in [5.74, 6) is -0.483. The Labute approximate surface area is 147 Å². The summed E-state index contributed by atoms with van der Waals surface area (Å²) in [6, 6.07) is 4.93. The van der Waals surface area contributed by atoms with Gasteiger partial charge in [0.2, 0.25) is 11.8 Å². The van der Waals surface area contributed by atoms with Crippen LogP contribution >= 0.6 is 0 Å². The lowest BCUT2D eigenvalue weighted by molar-refractivity contribution is -0.137. The Morgan fingerprint density at radius 1 is 1.20 bits per heavy atom. The van der Waals surface area contributed by atoms with Crippen molar-refractivity contribution in [1.82, 2.24) is 9.80 Å². The van der Waals surface area contributed by atoms with E-state index in [1.807, 2.05) is 4.90 Å². The normalized spacial score (nSPS) is 18.5. The number of hydrogen-bond donors (Lipinski definition) is 2. The zero-order chi connectivity index (χ0) is 18.0. The van der Waals surface area contributed by atoms with Crippen molar-refractivity contribution in [3.63, 3.8) is 0 Å². The summed E-state index contributed by atoms with van der Waals surface area (Å²) >= 11 is 0. The monoisotopic (exact) mass is 344 g/mol. The standard InChI is InChI=1S/C18H24N4O3/c1-12-10-13(17(19)24)6-7-15(12)20-18(25)21-8-9-22(16(23)11-21)14-4-2-3-5-14/h6-7,10,14H,2-5,8-9,11H2,1H3,(H2,19,24)(H,20,25). The van der Waals surface area contributed by atoms with Gasteiger partial charge in [0, 0.05) is 30.4 Å². The fourth-order valence-electron chi connectivity index (χ4n) is 3.61. The number of carbonyl (C=O) groups excluding carboxylic acids is 3. The largest absolute Gasteiger partial charge is 0.366 e. The maximum absolute atomic E-state index is 12.5. The average molecular weight is 344 g/mol. The molecule has 2 fully saturated rings. The smallest absolute Gasteiger partial charge is 0.322 e. The number of hydrogen-bond acceptors (Lipinski definition) is 3. The summed E-state index contributed by atoms with van der Waals surface area (Å²) in [6.07, 6.45) is 4.51. The van der Waals surface area contributed by atoms with Crippen LogP contribution < -0.4 is 11.1 Å². The molecule has 7 nitrogen and oxygen atoms in total. The lowest BCUT2D eigenvalue weighted by Crippen LogP contribution is -2.55. The molecule has 134 valence electrons. The van der Waals surface area contributed by atoms with Crippen LogP contribution in [0.15, 0.2) is 18.2 Å². The van der Waals surface area contributed by atoms with Crippen LogP contribution in [0.4, 0.5) is 10.5 Å². The number of piperazine rings is 1. The molecule has 0 spiro atoms. The second kappa shape index (κ2) is 7.13. The van der Waals surface area contributed by atoms with Crippen LogP contribution in [0, 0.1) is 6.92 Å². The van der Waals surface area contributed by atoms with E-state index in [1.54, 1.807) is 25.1 Å². The summed E-state index contributed by atoms with van der Waals surface area (Å²) < 4.78 is 0. The molecule has 0 aromatic heterocycles. The predicted octanol–water partition coefficient (Wildman–Crippen LogP) is 1.71. The van der Waals surface area contributed by atoms with Crippen molar-refractivity contribution in [2.45, 2.75) is 38.6 Å². The highest BCUT2D eigenvalue weighted by Crippen LogP contribution is 2.25. The number of urea groups is 1. The molecule has 0 unspecified atom stereocenters. The minimum atomic E-state index is -0.505. The Kier molecular flexibility index (Phi) is 4.92. The number of amides is 4. The third-order valence-corrected chi connectivity index (χ3v) is 5.06. The van der Waals surface area contributed by atoms with E-state index in [0.717, 1.165) is 18.4 Å². The molecule has 0 radical (unpaired) electrons. The first-order valence-corrected chi connectivity index (χ1v) is 8.71. The minimum Gasteiger partial charge on any atom is -0.366 e. The molecule has 3 N–H and O–H groups in total. The van der Waals surface area contributed by atoms with Gasteiger partial charge in [-0.05, 0) is 43.5 Å². The van der Waals surface area contributed by atoms with Gasteiger partial charge in [0.1, 0.15) is 6.54 Å². The van der Waals surface area contributed by atoms with E-state index in [9.17, 15) is 14.4 Å². The maximum atomic E-state index is 12.5. The topological polar surface area (TPSA) is 95.7 Å². The number of anilines is 1. The van der Waals surface area contributed by atoms with Gasteiger partial charge in [-0.1, -0.05) is 12.8 Å². The number of nitrogens with one attached hydrogen (secondary N) is 1. The molecule has 1 aliphatic carbocycles. The minimum absolute atomic E-state index is 0.0223. The van der Waals surface area contributed by atoms with Crippen LogP contribution in [0.5, 0.6) is 0 Å². The van der Waals surface area contributed by atoms with Crippen LogP contribution in [0.25, 0.3) is 0 Å². The second-order valence-electron chi connectivity index (χ2n) is 6.77. The van der Waals surface area contributed by atoms with Crippen molar-refractivity contribution in [3.8, 4) is 0 Å². The Morgan fingerprint density at radius 3 is 2.52 bits per heavy atom. The molecule has 1 saturated carbocycles. The van der Waals surface area contributed by atoms with Crippen LogP contribution in [-0.2, 0) is 4.79 Å². The van der Waals surface area contributed by atoms with Gasteiger partial charge in [0.25, 0.3) is 0 Å². The number of aryl methyl sites for hydroxylation is 1. The number of benzene rings is 1.